The van der Waals surface area contributed by atoms with E-state index in [1.807, 2.05) is 6.92 Å². The molecule has 6 nitrogen and oxygen atoms in total. The van der Waals surface area contributed by atoms with Gasteiger partial charge >= 0.3 is 0 Å². The molecule has 1 atom stereocenters. The Morgan fingerprint density at radius 1 is 1.25 bits per heavy atom. The van der Waals surface area contributed by atoms with Crippen LogP contribution in [0.15, 0.2) is 29.2 Å². The van der Waals surface area contributed by atoms with Gasteiger partial charge in [-0.25, -0.2) is 13.6 Å². The SMILES string of the molecule is CC(C(=O)Nc1ccc(S(N)(=O)=O)cc1)N1CCCC1. The second kappa shape index (κ2) is 5.90. The van der Waals surface area contributed by atoms with Crippen molar-refractivity contribution in [2.75, 3.05) is 18.4 Å². The summed E-state index contributed by atoms with van der Waals surface area (Å²) in [5, 5.41) is 7.80. The summed E-state index contributed by atoms with van der Waals surface area (Å²) in [6, 6.07) is 5.65. The molecule has 7 heteroatoms. The standard InChI is InChI=1S/C13H19N3O3S/c1-10(16-8-2-3-9-16)13(17)15-11-4-6-12(7-5-11)20(14,18)19/h4-7,10H,2-3,8-9H2,1H3,(H,15,17)(H2,14,18,19). The lowest BCUT2D eigenvalue weighted by atomic mass is 10.2. The Bertz CT molecular complexity index is 577. The van der Waals surface area contributed by atoms with Crippen LogP contribution in [0.2, 0.25) is 0 Å². The molecule has 0 aliphatic carbocycles. The van der Waals surface area contributed by atoms with Crippen molar-refractivity contribution < 1.29 is 13.2 Å². The zero-order valence-electron chi connectivity index (χ0n) is 11.4. The summed E-state index contributed by atoms with van der Waals surface area (Å²) in [5.74, 6) is -0.0877. The minimum atomic E-state index is -3.70. The predicted molar refractivity (Wildman–Crippen MR) is 76.7 cm³/mol. The van der Waals surface area contributed by atoms with Crippen molar-refractivity contribution in [2.45, 2.75) is 30.7 Å². The van der Waals surface area contributed by atoms with E-state index in [-0.39, 0.29) is 16.8 Å². The van der Waals surface area contributed by atoms with Gasteiger partial charge in [-0.2, -0.15) is 0 Å². The van der Waals surface area contributed by atoms with Gasteiger partial charge in [0.1, 0.15) is 0 Å². The molecule has 0 aromatic heterocycles. The molecular formula is C13H19N3O3S. The number of carbonyl (C=O) groups is 1. The van der Waals surface area contributed by atoms with Crippen molar-refractivity contribution in [3.8, 4) is 0 Å². The molecule has 110 valence electrons. The number of nitrogens with one attached hydrogen (secondary N) is 1. The van der Waals surface area contributed by atoms with Crippen molar-refractivity contribution >= 4 is 21.6 Å². The van der Waals surface area contributed by atoms with Gasteiger partial charge in [-0.15, -0.1) is 0 Å². The number of carbonyl (C=O) groups excluding carboxylic acids is 1. The second-order valence-corrected chi connectivity index (χ2v) is 6.54. The first-order valence-electron chi connectivity index (χ1n) is 6.56. The van der Waals surface area contributed by atoms with Crippen LogP contribution in [0.25, 0.3) is 0 Å². The molecule has 0 radical (unpaired) electrons. The molecule has 20 heavy (non-hydrogen) atoms. The van der Waals surface area contributed by atoms with Crippen LogP contribution in [-0.4, -0.2) is 38.4 Å². The van der Waals surface area contributed by atoms with Gasteiger partial charge in [0.15, 0.2) is 0 Å². The number of benzene rings is 1. The Morgan fingerprint density at radius 2 is 1.80 bits per heavy atom. The minimum absolute atomic E-state index is 0.0306. The molecule has 0 bridgehead atoms. The average Bonchev–Trinajstić information content (AvgIpc) is 2.91. The van der Waals surface area contributed by atoms with E-state index in [1.165, 1.54) is 24.3 Å². The molecule has 1 aromatic rings. The van der Waals surface area contributed by atoms with Crippen LogP contribution >= 0.6 is 0 Å². The number of anilines is 1. The van der Waals surface area contributed by atoms with Gasteiger partial charge in [0.05, 0.1) is 10.9 Å². The number of amides is 1. The molecule has 1 fully saturated rings. The quantitative estimate of drug-likeness (QED) is 0.858. The molecule has 1 aliphatic rings. The molecular weight excluding hydrogens is 278 g/mol. The first-order valence-corrected chi connectivity index (χ1v) is 8.10. The third-order valence-electron chi connectivity index (χ3n) is 3.52. The number of hydrogen-bond acceptors (Lipinski definition) is 4. The van der Waals surface area contributed by atoms with E-state index in [2.05, 4.69) is 10.2 Å². The van der Waals surface area contributed by atoms with E-state index in [0.717, 1.165) is 25.9 Å². The first-order chi connectivity index (χ1) is 9.38. The van der Waals surface area contributed by atoms with E-state index < -0.39 is 10.0 Å². The van der Waals surface area contributed by atoms with Crippen molar-refractivity contribution in [3.63, 3.8) is 0 Å². The summed E-state index contributed by atoms with van der Waals surface area (Å²) in [5.41, 5.74) is 0.563. The lowest BCUT2D eigenvalue weighted by molar-refractivity contribution is -0.120. The lowest BCUT2D eigenvalue weighted by Gasteiger charge is -2.22. The Hall–Kier alpha value is -1.44. The zero-order valence-corrected chi connectivity index (χ0v) is 12.2. The van der Waals surface area contributed by atoms with Crippen molar-refractivity contribution in [1.82, 2.24) is 4.90 Å². The van der Waals surface area contributed by atoms with Crippen LogP contribution in [0.1, 0.15) is 19.8 Å². The van der Waals surface area contributed by atoms with Gasteiger partial charge in [0, 0.05) is 5.69 Å². The summed E-state index contributed by atoms with van der Waals surface area (Å²) in [4.78, 5) is 14.2. The van der Waals surface area contributed by atoms with Gasteiger partial charge in [0.2, 0.25) is 15.9 Å². The van der Waals surface area contributed by atoms with Gasteiger partial charge < -0.3 is 5.32 Å². The summed E-state index contributed by atoms with van der Waals surface area (Å²) in [7, 11) is -3.70. The van der Waals surface area contributed by atoms with Crippen LogP contribution in [0.3, 0.4) is 0 Å². The lowest BCUT2D eigenvalue weighted by Crippen LogP contribution is -2.40. The maximum Gasteiger partial charge on any atom is 0.241 e. The van der Waals surface area contributed by atoms with Crippen LogP contribution < -0.4 is 10.5 Å². The van der Waals surface area contributed by atoms with E-state index >= 15 is 0 Å². The van der Waals surface area contributed by atoms with Gasteiger partial charge in [0.25, 0.3) is 0 Å². The van der Waals surface area contributed by atoms with Gasteiger partial charge in [-0.05, 0) is 57.1 Å². The maximum absolute atomic E-state index is 12.1. The fourth-order valence-corrected chi connectivity index (χ4v) is 2.78. The monoisotopic (exact) mass is 297 g/mol. The van der Waals surface area contributed by atoms with Gasteiger partial charge in [-0.3, -0.25) is 9.69 Å². The largest absolute Gasteiger partial charge is 0.325 e. The fourth-order valence-electron chi connectivity index (χ4n) is 2.27. The topological polar surface area (TPSA) is 92.5 Å². The highest BCUT2D eigenvalue weighted by Crippen LogP contribution is 2.15. The van der Waals surface area contributed by atoms with E-state index in [0.29, 0.717) is 5.69 Å². The highest BCUT2D eigenvalue weighted by molar-refractivity contribution is 7.89. The Balaban J connectivity index is 2.00. The van der Waals surface area contributed by atoms with Crippen LogP contribution in [-0.2, 0) is 14.8 Å². The van der Waals surface area contributed by atoms with Crippen LogP contribution in [0.5, 0.6) is 0 Å². The predicted octanol–water partition coefficient (Wildman–Crippen LogP) is 0.757. The maximum atomic E-state index is 12.1. The third kappa shape index (κ3) is 3.56. The highest BCUT2D eigenvalue weighted by Gasteiger charge is 2.23. The molecule has 1 heterocycles. The molecule has 2 rings (SSSR count). The molecule has 0 spiro atoms. The first kappa shape index (κ1) is 15.0. The summed E-state index contributed by atoms with van der Waals surface area (Å²) in [6.07, 6.45) is 2.25. The minimum Gasteiger partial charge on any atom is -0.325 e. The average molecular weight is 297 g/mol. The number of primary sulfonamides is 1. The number of sulfonamides is 1. The van der Waals surface area contributed by atoms with E-state index in [1.54, 1.807) is 0 Å². The van der Waals surface area contributed by atoms with Crippen molar-refractivity contribution in [2.24, 2.45) is 5.14 Å². The molecule has 1 saturated heterocycles. The molecule has 1 unspecified atom stereocenters. The summed E-state index contributed by atoms with van der Waals surface area (Å²) < 4.78 is 22.3. The zero-order chi connectivity index (χ0) is 14.8. The van der Waals surface area contributed by atoms with Crippen LogP contribution in [0.4, 0.5) is 5.69 Å². The van der Waals surface area contributed by atoms with Crippen molar-refractivity contribution in [3.05, 3.63) is 24.3 Å². The number of likely N-dealkylation sites (tertiary alicyclic amines) is 1. The molecule has 1 aliphatic heterocycles. The van der Waals surface area contributed by atoms with Crippen molar-refractivity contribution in [1.29, 1.82) is 0 Å². The smallest absolute Gasteiger partial charge is 0.241 e. The highest BCUT2D eigenvalue weighted by atomic mass is 32.2. The molecule has 1 amide bonds. The molecule has 0 saturated carbocycles. The molecule has 1 aromatic carbocycles. The molecule has 3 N–H and O–H groups in total. The number of hydrogen-bond donors (Lipinski definition) is 2. The Morgan fingerprint density at radius 3 is 2.30 bits per heavy atom. The summed E-state index contributed by atoms with van der Waals surface area (Å²) in [6.45, 7) is 3.76. The van der Waals surface area contributed by atoms with E-state index in [9.17, 15) is 13.2 Å². The normalized spacial score (nSPS) is 17.9. The van der Waals surface area contributed by atoms with Gasteiger partial charge in [-0.1, -0.05) is 0 Å². The van der Waals surface area contributed by atoms with E-state index in [4.69, 9.17) is 5.14 Å². The number of rotatable bonds is 4. The number of nitrogens with two attached hydrogens (primary N) is 1. The Labute approximate surface area is 119 Å². The number of nitrogens with zero attached hydrogens (tertiary/aromatic N) is 1. The second-order valence-electron chi connectivity index (χ2n) is 4.98. The summed E-state index contributed by atoms with van der Waals surface area (Å²) >= 11 is 0. The van der Waals surface area contributed by atoms with Crippen LogP contribution in [0, 0.1) is 0 Å². The Kier molecular flexibility index (Phi) is 4.42. The fraction of sp³-hybridized carbons (Fsp3) is 0.462. The third-order valence-corrected chi connectivity index (χ3v) is 4.45.